The van der Waals surface area contributed by atoms with Crippen LogP contribution in [0.25, 0.3) is 0 Å². The molecule has 0 atom stereocenters. The second-order valence-electron chi connectivity index (χ2n) is 4.09. The van der Waals surface area contributed by atoms with Crippen LogP contribution in [0.15, 0.2) is 18.2 Å². The van der Waals surface area contributed by atoms with Gasteiger partial charge in [-0.25, -0.2) is 8.78 Å². The molecular formula is C12H12F2N2O2. The number of anilines is 1. The number of rotatable bonds is 3. The third kappa shape index (κ3) is 2.82. The molecular weight excluding hydrogens is 242 g/mol. The first-order chi connectivity index (χ1) is 8.56. The third-order valence-electron chi connectivity index (χ3n) is 2.71. The van der Waals surface area contributed by atoms with Crippen molar-refractivity contribution in [3.8, 4) is 0 Å². The van der Waals surface area contributed by atoms with E-state index in [1.54, 1.807) is 0 Å². The van der Waals surface area contributed by atoms with E-state index in [-0.39, 0.29) is 18.1 Å². The van der Waals surface area contributed by atoms with Crippen molar-refractivity contribution in [1.29, 1.82) is 0 Å². The molecule has 0 unspecified atom stereocenters. The van der Waals surface area contributed by atoms with Crippen molar-refractivity contribution >= 4 is 17.5 Å². The Morgan fingerprint density at radius 2 is 2.17 bits per heavy atom. The van der Waals surface area contributed by atoms with Crippen molar-refractivity contribution in [2.75, 3.05) is 18.4 Å². The topological polar surface area (TPSA) is 49.4 Å². The number of hydrogen-bond acceptors (Lipinski definition) is 2. The number of carbonyl (C=O) groups excluding carboxylic acids is 2. The van der Waals surface area contributed by atoms with Gasteiger partial charge in [0, 0.05) is 19.0 Å². The maximum atomic E-state index is 13.3. The van der Waals surface area contributed by atoms with Crippen molar-refractivity contribution in [1.82, 2.24) is 4.90 Å². The first-order valence-electron chi connectivity index (χ1n) is 5.59. The predicted molar refractivity (Wildman–Crippen MR) is 60.8 cm³/mol. The van der Waals surface area contributed by atoms with E-state index in [4.69, 9.17) is 0 Å². The minimum atomic E-state index is -0.837. The van der Waals surface area contributed by atoms with Gasteiger partial charge in [0.2, 0.25) is 11.8 Å². The Labute approximate surface area is 103 Å². The summed E-state index contributed by atoms with van der Waals surface area (Å²) >= 11 is 0. The Morgan fingerprint density at radius 3 is 2.78 bits per heavy atom. The Morgan fingerprint density at radius 1 is 1.39 bits per heavy atom. The summed E-state index contributed by atoms with van der Waals surface area (Å²) in [5.74, 6) is -2.11. The zero-order valence-electron chi connectivity index (χ0n) is 9.58. The highest BCUT2D eigenvalue weighted by molar-refractivity contribution is 5.94. The lowest BCUT2D eigenvalue weighted by atomic mass is 10.3. The van der Waals surface area contributed by atoms with E-state index in [2.05, 4.69) is 5.32 Å². The molecule has 0 radical (unpaired) electrons. The van der Waals surface area contributed by atoms with E-state index < -0.39 is 17.5 Å². The van der Waals surface area contributed by atoms with Gasteiger partial charge in [-0.1, -0.05) is 0 Å². The van der Waals surface area contributed by atoms with Crippen LogP contribution in [0.5, 0.6) is 0 Å². The van der Waals surface area contributed by atoms with Crippen LogP contribution in [0.2, 0.25) is 0 Å². The minimum absolute atomic E-state index is 0.0790. The summed E-state index contributed by atoms with van der Waals surface area (Å²) in [4.78, 5) is 24.3. The van der Waals surface area contributed by atoms with Gasteiger partial charge in [-0.2, -0.15) is 0 Å². The maximum absolute atomic E-state index is 13.3. The van der Waals surface area contributed by atoms with Gasteiger partial charge in [-0.05, 0) is 18.6 Å². The highest BCUT2D eigenvalue weighted by Crippen LogP contribution is 2.15. The third-order valence-corrected chi connectivity index (χ3v) is 2.71. The normalized spacial score (nSPS) is 15.0. The molecule has 1 heterocycles. The summed E-state index contributed by atoms with van der Waals surface area (Å²) in [6, 6.07) is 2.89. The average molecular weight is 254 g/mol. The zero-order chi connectivity index (χ0) is 13.1. The van der Waals surface area contributed by atoms with E-state index in [1.165, 1.54) is 4.90 Å². The SMILES string of the molecule is O=C(CN1CCCC1=O)Nc1ccc(F)cc1F. The van der Waals surface area contributed by atoms with Gasteiger partial charge in [0.1, 0.15) is 11.6 Å². The highest BCUT2D eigenvalue weighted by atomic mass is 19.1. The fourth-order valence-corrected chi connectivity index (χ4v) is 1.83. The van der Waals surface area contributed by atoms with Crippen LogP contribution >= 0.6 is 0 Å². The summed E-state index contributed by atoms with van der Waals surface area (Å²) in [6.07, 6.45) is 1.18. The molecule has 1 aromatic carbocycles. The fourth-order valence-electron chi connectivity index (χ4n) is 1.83. The molecule has 1 aliphatic rings. The van der Waals surface area contributed by atoms with Gasteiger partial charge in [-0.15, -0.1) is 0 Å². The molecule has 1 aromatic rings. The van der Waals surface area contributed by atoms with E-state index in [1.807, 2.05) is 0 Å². The number of hydrogen-bond donors (Lipinski definition) is 1. The lowest BCUT2D eigenvalue weighted by Gasteiger charge is -2.15. The number of benzene rings is 1. The van der Waals surface area contributed by atoms with Gasteiger partial charge >= 0.3 is 0 Å². The number of amides is 2. The summed E-state index contributed by atoms with van der Waals surface area (Å²) in [5, 5.41) is 2.31. The summed E-state index contributed by atoms with van der Waals surface area (Å²) in [6.45, 7) is 0.438. The van der Waals surface area contributed by atoms with Gasteiger partial charge in [-0.3, -0.25) is 9.59 Å². The fraction of sp³-hybridized carbons (Fsp3) is 0.333. The van der Waals surface area contributed by atoms with Crippen molar-refractivity contribution in [2.24, 2.45) is 0 Å². The zero-order valence-corrected chi connectivity index (χ0v) is 9.58. The van der Waals surface area contributed by atoms with Crippen LogP contribution in [-0.4, -0.2) is 29.8 Å². The van der Waals surface area contributed by atoms with Crippen molar-refractivity contribution < 1.29 is 18.4 Å². The Kier molecular flexibility index (Phi) is 3.55. The molecule has 0 saturated carbocycles. The Balaban J connectivity index is 1.96. The lowest BCUT2D eigenvalue weighted by Crippen LogP contribution is -2.34. The maximum Gasteiger partial charge on any atom is 0.244 e. The Bertz CT molecular complexity index is 491. The van der Waals surface area contributed by atoms with Crippen LogP contribution in [0.4, 0.5) is 14.5 Å². The lowest BCUT2D eigenvalue weighted by molar-refractivity contribution is -0.131. The number of likely N-dealkylation sites (tertiary alicyclic amines) is 1. The van der Waals surface area contributed by atoms with E-state index in [0.717, 1.165) is 18.6 Å². The summed E-state index contributed by atoms with van der Waals surface area (Å²) < 4.78 is 25.9. The van der Waals surface area contributed by atoms with Crippen molar-refractivity contribution in [3.63, 3.8) is 0 Å². The molecule has 1 N–H and O–H groups in total. The number of halogens is 2. The summed E-state index contributed by atoms with van der Waals surface area (Å²) in [7, 11) is 0. The molecule has 2 amide bonds. The standard InChI is InChI=1S/C12H12F2N2O2/c13-8-3-4-10(9(14)6-8)15-11(17)7-16-5-1-2-12(16)18/h3-4,6H,1-2,5,7H2,(H,15,17). The van der Waals surface area contributed by atoms with Gasteiger partial charge < -0.3 is 10.2 Å². The van der Waals surface area contributed by atoms with Crippen LogP contribution in [0, 0.1) is 11.6 Å². The molecule has 1 fully saturated rings. The van der Waals surface area contributed by atoms with Crippen LogP contribution in [0.3, 0.4) is 0 Å². The molecule has 0 aromatic heterocycles. The van der Waals surface area contributed by atoms with Gasteiger partial charge in [0.15, 0.2) is 0 Å². The quantitative estimate of drug-likeness (QED) is 0.889. The molecule has 0 aliphatic carbocycles. The predicted octanol–water partition coefficient (Wildman–Crippen LogP) is 1.53. The molecule has 0 spiro atoms. The molecule has 0 bridgehead atoms. The highest BCUT2D eigenvalue weighted by Gasteiger charge is 2.22. The molecule has 2 rings (SSSR count). The van der Waals surface area contributed by atoms with Crippen molar-refractivity contribution in [2.45, 2.75) is 12.8 Å². The van der Waals surface area contributed by atoms with E-state index in [0.29, 0.717) is 19.0 Å². The minimum Gasteiger partial charge on any atom is -0.333 e. The molecule has 4 nitrogen and oxygen atoms in total. The molecule has 1 aliphatic heterocycles. The van der Waals surface area contributed by atoms with Crippen molar-refractivity contribution in [3.05, 3.63) is 29.8 Å². The van der Waals surface area contributed by atoms with Gasteiger partial charge in [0.05, 0.1) is 12.2 Å². The summed E-state index contributed by atoms with van der Waals surface area (Å²) in [5.41, 5.74) is -0.0898. The number of carbonyl (C=O) groups is 2. The monoisotopic (exact) mass is 254 g/mol. The first kappa shape index (κ1) is 12.5. The molecule has 96 valence electrons. The van der Waals surface area contributed by atoms with E-state index in [9.17, 15) is 18.4 Å². The Hall–Kier alpha value is -1.98. The largest absolute Gasteiger partial charge is 0.333 e. The van der Waals surface area contributed by atoms with Crippen LogP contribution in [-0.2, 0) is 9.59 Å². The molecule has 6 heteroatoms. The molecule has 1 saturated heterocycles. The van der Waals surface area contributed by atoms with Crippen LogP contribution < -0.4 is 5.32 Å². The second-order valence-corrected chi connectivity index (χ2v) is 4.09. The number of nitrogens with one attached hydrogen (secondary N) is 1. The smallest absolute Gasteiger partial charge is 0.244 e. The average Bonchev–Trinajstić information content (AvgIpc) is 2.69. The van der Waals surface area contributed by atoms with E-state index >= 15 is 0 Å². The second kappa shape index (κ2) is 5.12. The first-order valence-corrected chi connectivity index (χ1v) is 5.59. The molecule has 18 heavy (non-hydrogen) atoms. The number of nitrogens with zero attached hydrogens (tertiary/aromatic N) is 1. The van der Waals surface area contributed by atoms with Gasteiger partial charge in [0.25, 0.3) is 0 Å². The van der Waals surface area contributed by atoms with Crippen LogP contribution in [0.1, 0.15) is 12.8 Å².